The van der Waals surface area contributed by atoms with E-state index in [-0.39, 0.29) is 35.6 Å². The molecule has 0 saturated heterocycles. The van der Waals surface area contributed by atoms with Crippen molar-refractivity contribution in [3.63, 3.8) is 0 Å². The number of halogens is 1. The highest BCUT2D eigenvalue weighted by molar-refractivity contribution is 5.99. The third-order valence-electron chi connectivity index (χ3n) is 7.25. The van der Waals surface area contributed by atoms with Crippen molar-refractivity contribution in [1.29, 1.82) is 0 Å². The second-order valence-electron chi connectivity index (χ2n) is 10.5. The first-order valence-electron chi connectivity index (χ1n) is 13.7. The van der Waals surface area contributed by atoms with E-state index >= 15 is 0 Å². The molecule has 1 aromatic heterocycles. The van der Waals surface area contributed by atoms with Crippen LogP contribution >= 0.6 is 0 Å². The zero-order valence-corrected chi connectivity index (χ0v) is 23.1. The predicted molar refractivity (Wildman–Crippen MR) is 149 cm³/mol. The van der Waals surface area contributed by atoms with Crippen LogP contribution in [0.2, 0.25) is 0 Å². The van der Waals surface area contributed by atoms with E-state index in [1.54, 1.807) is 23.1 Å². The molecule has 0 radical (unpaired) electrons. The number of hydrogen-bond donors (Lipinski definition) is 0. The molecule has 9 heteroatoms. The third-order valence-corrected chi connectivity index (χ3v) is 7.25. The molecule has 3 aromatic carbocycles. The first-order chi connectivity index (χ1) is 19.8. The Labute approximate surface area is 236 Å². The van der Waals surface area contributed by atoms with E-state index in [9.17, 15) is 14.0 Å². The second kappa shape index (κ2) is 10.8. The van der Waals surface area contributed by atoms with E-state index in [4.69, 9.17) is 23.4 Å². The Kier molecular flexibility index (Phi) is 7.03. The molecule has 1 atom stereocenters. The third kappa shape index (κ3) is 4.96. The first kappa shape index (κ1) is 26.7. The average molecular weight is 560 g/mol. The van der Waals surface area contributed by atoms with Gasteiger partial charge in [0.1, 0.15) is 11.4 Å². The number of amides is 1. The van der Waals surface area contributed by atoms with Gasteiger partial charge in [0.2, 0.25) is 12.6 Å². The molecule has 0 spiro atoms. The van der Waals surface area contributed by atoms with Gasteiger partial charge in [-0.1, -0.05) is 26.0 Å². The van der Waals surface area contributed by atoms with Crippen LogP contribution < -0.4 is 24.4 Å². The molecule has 3 heterocycles. The van der Waals surface area contributed by atoms with Gasteiger partial charge in [-0.15, -0.1) is 0 Å². The maximum Gasteiger partial charge on any atom is 0.291 e. The van der Waals surface area contributed by atoms with Gasteiger partial charge in [0.05, 0.1) is 30.2 Å². The van der Waals surface area contributed by atoms with Crippen molar-refractivity contribution in [2.45, 2.75) is 39.8 Å². The SMILES string of the molecule is CCOc1cc(C2c3c(oc4ccc(F)cc4c3=O)C(=O)N2Cc2ccc3c(c2)OCO3)ccc1OCCC(C)C. The predicted octanol–water partition coefficient (Wildman–Crippen LogP) is 6.23. The monoisotopic (exact) mass is 559 g/mol. The number of carbonyl (C=O) groups excluding carboxylic acids is 1. The standard InChI is InChI=1S/C32H30FNO7/c1-4-37-27-14-20(6-9-24(27)38-12-11-18(2)3)29-28-30(35)22-15-21(33)7-10-23(22)41-31(28)32(36)34(29)16-19-5-8-25-26(13-19)40-17-39-25/h5-10,13-15,18,29H,4,11-12,16-17H2,1-3H3. The molecule has 41 heavy (non-hydrogen) atoms. The highest BCUT2D eigenvalue weighted by atomic mass is 19.1. The fourth-order valence-electron chi connectivity index (χ4n) is 5.23. The molecule has 0 fully saturated rings. The lowest BCUT2D eigenvalue weighted by molar-refractivity contribution is 0.0714. The van der Waals surface area contributed by atoms with Crippen LogP contribution in [-0.4, -0.2) is 30.8 Å². The van der Waals surface area contributed by atoms with Gasteiger partial charge >= 0.3 is 0 Å². The van der Waals surface area contributed by atoms with Crippen LogP contribution in [0.5, 0.6) is 23.0 Å². The van der Waals surface area contributed by atoms with Crippen LogP contribution in [0, 0.1) is 11.7 Å². The van der Waals surface area contributed by atoms with Crippen LogP contribution in [0.4, 0.5) is 4.39 Å². The minimum absolute atomic E-state index is 0.0601. The fraction of sp³-hybridized carbons (Fsp3) is 0.312. The van der Waals surface area contributed by atoms with Gasteiger partial charge in [0.15, 0.2) is 28.4 Å². The van der Waals surface area contributed by atoms with E-state index in [2.05, 4.69) is 13.8 Å². The van der Waals surface area contributed by atoms with Crippen LogP contribution in [0.1, 0.15) is 60.5 Å². The highest BCUT2D eigenvalue weighted by Gasteiger charge is 2.43. The minimum Gasteiger partial charge on any atom is -0.490 e. The summed E-state index contributed by atoms with van der Waals surface area (Å²) >= 11 is 0. The van der Waals surface area contributed by atoms with E-state index in [0.29, 0.717) is 47.7 Å². The molecule has 2 aliphatic heterocycles. The summed E-state index contributed by atoms with van der Waals surface area (Å²) in [6.45, 7) is 7.34. The molecule has 2 aliphatic rings. The molecule has 0 aliphatic carbocycles. The number of carbonyl (C=O) groups is 1. The van der Waals surface area contributed by atoms with Crippen molar-refractivity contribution in [1.82, 2.24) is 4.90 Å². The van der Waals surface area contributed by atoms with E-state index < -0.39 is 23.2 Å². The number of nitrogens with zero attached hydrogens (tertiary/aromatic N) is 1. The lowest BCUT2D eigenvalue weighted by Gasteiger charge is -2.26. The topological polar surface area (TPSA) is 87.4 Å². The molecular formula is C32H30FNO7. The number of hydrogen-bond acceptors (Lipinski definition) is 7. The molecule has 212 valence electrons. The summed E-state index contributed by atoms with van der Waals surface area (Å²) in [7, 11) is 0. The van der Waals surface area contributed by atoms with E-state index in [0.717, 1.165) is 18.1 Å². The minimum atomic E-state index is -0.809. The van der Waals surface area contributed by atoms with Crippen molar-refractivity contribution < 1.29 is 32.5 Å². The van der Waals surface area contributed by atoms with Crippen molar-refractivity contribution >= 4 is 16.9 Å². The zero-order chi connectivity index (χ0) is 28.7. The summed E-state index contributed by atoms with van der Waals surface area (Å²) in [5, 5.41) is 0.0742. The Morgan fingerprint density at radius 3 is 2.61 bits per heavy atom. The first-order valence-corrected chi connectivity index (χ1v) is 13.7. The van der Waals surface area contributed by atoms with E-state index in [1.807, 2.05) is 25.1 Å². The molecule has 4 aromatic rings. The Morgan fingerprint density at radius 2 is 1.80 bits per heavy atom. The summed E-state index contributed by atoms with van der Waals surface area (Å²) in [4.78, 5) is 29.3. The van der Waals surface area contributed by atoms with Gasteiger partial charge in [-0.05, 0) is 72.9 Å². The number of rotatable bonds is 9. The lowest BCUT2D eigenvalue weighted by atomic mass is 9.97. The van der Waals surface area contributed by atoms with Gasteiger partial charge in [0.25, 0.3) is 5.91 Å². The van der Waals surface area contributed by atoms with Gasteiger partial charge in [-0.25, -0.2) is 4.39 Å². The number of fused-ring (bicyclic) bond motifs is 3. The highest BCUT2D eigenvalue weighted by Crippen LogP contribution is 2.42. The smallest absolute Gasteiger partial charge is 0.291 e. The molecule has 0 N–H and O–H groups in total. The number of ether oxygens (including phenoxy) is 4. The molecule has 1 amide bonds. The van der Waals surface area contributed by atoms with Gasteiger partial charge in [0, 0.05) is 6.54 Å². The van der Waals surface area contributed by atoms with Gasteiger partial charge in [-0.2, -0.15) is 0 Å². The molecule has 0 saturated carbocycles. The quantitative estimate of drug-likeness (QED) is 0.240. The summed E-state index contributed by atoms with van der Waals surface area (Å²) in [6, 6.07) is 13.8. The van der Waals surface area contributed by atoms with Crippen LogP contribution in [0.25, 0.3) is 11.0 Å². The average Bonchev–Trinajstić information content (AvgIpc) is 3.52. The summed E-state index contributed by atoms with van der Waals surface area (Å²) in [5.74, 6) is 1.71. The van der Waals surface area contributed by atoms with Crippen molar-refractivity contribution in [2.24, 2.45) is 5.92 Å². The maximum absolute atomic E-state index is 14.2. The van der Waals surface area contributed by atoms with Crippen molar-refractivity contribution in [2.75, 3.05) is 20.0 Å². The second-order valence-corrected chi connectivity index (χ2v) is 10.5. The van der Waals surface area contributed by atoms with E-state index in [1.165, 1.54) is 12.1 Å². The lowest BCUT2D eigenvalue weighted by Crippen LogP contribution is -2.29. The molecule has 6 rings (SSSR count). The van der Waals surface area contributed by atoms with Crippen molar-refractivity contribution in [3.05, 3.63) is 93.1 Å². The molecule has 8 nitrogen and oxygen atoms in total. The Morgan fingerprint density at radius 1 is 0.976 bits per heavy atom. The summed E-state index contributed by atoms with van der Waals surface area (Å²) < 4.78 is 43.0. The van der Waals surface area contributed by atoms with Gasteiger partial charge < -0.3 is 28.3 Å². The summed E-state index contributed by atoms with van der Waals surface area (Å²) in [6.07, 6.45) is 0.881. The zero-order valence-electron chi connectivity index (χ0n) is 23.1. The molecule has 0 bridgehead atoms. The van der Waals surface area contributed by atoms with Crippen LogP contribution in [-0.2, 0) is 6.54 Å². The Bertz CT molecular complexity index is 1700. The molecule has 1 unspecified atom stereocenters. The van der Waals surface area contributed by atoms with Crippen molar-refractivity contribution in [3.8, 4) is 23.0 Å². The van der Waals surface area contributed by atoms with Crippen LogP contribution in [0.3, 0.4) is 0 Å². The molecular weight excluding hydrogens is 529 g/mol. The number of benzene rings is 3. The largest absolute Gasteiger partial charge is 0.490 e. The normalized spacial score (nSPS) is 15.6. The Balaban J connectivity index is 1.46. The summed E-state index contributed by atoms with van der Waals surface area (Å²) in [5.41, 5.74) is 1.27. The fourth-order valence-corrected chi connectivity index (χ4v) is 5.23. The van der Waals surface area contributed by atoms with Crippen LogP contribution in [0.15, 0.2) is 63.8 Å². The van der Waals surface area contributed by atoms with Gasteiger partial charge in [-0.3, -0.25) is 9.59 Å². The maximum atomic E-state index is 14.2. The Hall–Kier alpha value is -4.53.